The Balaban J connectivity index is 2.25. The van der Waals surface area contributed by atoms with Crippen molar-refractivity contribution in [2.45, 2.75) is 0 Å². The van der Waals surface area contributed by atoms with Crippen LogP contribution in [-0.4, -0.2) is 26.0 Å². The fraction of sp³-hybridized carbons (Fsp3) is 0.125. The average Bonchev–Trinajstić information content (AvgIpc) is 2.53. The van der Waals surface area contributed by atoms with Crippen LogP contribution in [0.15, 0.2) is 36.4 Å². The Morgan fingerprint density at radius 3 is 2.13 bits per heavy atom. The lowest BCUT2D eigenvalue weighted by atomic mass is 10.1. The zero-order valence-electron chi connectivity index (χ0n) is 12.6. The zero-order valence-corrected chi connectivity index (χ0v) is 13.3. The highest BCUT2D eigenvalue weighted by molar-refractivity contribution is 6.34. The Bertz CT molecular complexity index is 739. The molecule has 0 fully saturated rings. The van der Waals surface area contributed by atoms with Crippen molar-refractivity contribution in [3.05, 3.63) is 52.5 Å². The molecular weight excluding hydrogens is 320 g/mol. The third-order valence-corrected chi connectivity index (χ3v) is 3.42. The van der Waals surface area contributed by atoms with E-state index >= 15 is 0 Å². The normalized spacial score (nSPS) is 10.0. The van der Waals surface area contributed by atoms with Crippen LogP contribution in [0.1, 0.15) is 20.7 Å². The number of nitrogens with one attached hydrogen (secondary N) is 1. The number of primary amides is 1. The minimum absolute atomic E-state index is 0.165. The second-order valence-corrected chi connectivity index (χ2v) is 5.02. The molecule has 2 aromatic rings. The summed E-state index contributed by atoms with van der Waals surface area (Å²) in [6.45, 7) is 0. The Kier molecular flexibility index (Phi) is 5.08. The van der Waals surface area contributed by atoms with Gasteiger partial charge in [-0.25, -0.2) is 0 Å². The Labute approximate surface area is 138 Å². The molecule has 0 unspecified atom stereocenters. The minimum Gasteiger partial charge on any atom is -0.497 e. The van der Waals surface area contributed by atoms with Gasteiger partial charge in [-0.3, -0.25) is 9.59 Å². The number of carbonyl (C=O) groups is 2. The van der Waals surface area contributed by atoms with Gasteiger partial charge in [-0.1, -0.05) is 11.6 Å². The third-order valence-electron chi connectivity index (χ3n) is 3.11. The molecule has 0 atom stereocenters. The quantitative estimate of drug-likeness (QED) is 0.879. The van der Waals surface area contributed by atoms with Gasteiger partial charge in [0.15, 0.2) is 0 Å². The van der Waals surface area contributed by atoms with Crippen molar-refractivity contribution < 1.29 is 19.1 Å². The number of anilines is 1. The van der Waals surface area contributed by atoms with Crippen LogP contribution >= 0.6 is 11.6 Å². The van der Waals surface area contributed by atoms with E-state index in [1.807, 2.05) is 0 Å². The molecule has 2 aromatic carbocycles. The Hall–Kier alpha value is -2.73. The van der Waals surface area contributed by atoms with Crippen molar-refractivity contribution >= 4 is 29.1 Å². The van der Waals surface area contributed by atoms with Crippen LogP contribution in [0.3, 0.4) is 0 Å². The topological polar surface area (TPSA) is 90.7 Å². The molecule has 6 nitrogen and oxygen atoms in total. The van der Waals surface area contributed by atoms with Gasteiger partial charge in [-0.05, 0) is 30.3 Å². The van der Waals surface area contributed by atoms with E-state index in [1.165, 1.54) is 26.4 Å². The summed E-state index contributed by atoms with van der Waals surface area (Å²) in [5.41, 5.74) is 6.16. The fourth-order valence-corrected chi connectivity index (χ4v) is 2.21. The van der Waals surface area contributed by atoms with Gasteiger partial charge in [0.05, 0.1) is 24.8 Å². The van der Waals surface area contributed by atoms with Gasteiger partial charge < -0.3 is 20.5 Å². The first-order chi connectivity index (χ1) is 10.9. The SMILES string of the molecule is COc1cc(OC)cc(C(=O)Nc2ccc(C(N)=O)c(Cl)c2)c1. The van der Waals surface area contributed by atoms with E-state index < -0.39 is 5.91 Å². The van der Waals surface area contributed by atoms with Crippen molar-refractivity contribution in [1.29, 1.82) is 0 Å². The standard InChI is InChI=1S/C16H15ClN2O4/c1-22-11-5-9(6-12(8-11)23-2)16(21)19-10-3-4-13(15(18)20)14(17)7-10/h3-8H,1-2H3,(H2,18,20)(H,19,21). The summed E-state index contributed by atoms with van der Waals surface area (Å²) in [6.07, 6.45) is 0. The third kappa shape index (κ3) is 3.92. The van der Waals surface area contributed by atoms with Gasteiger partial charge in [0.2, 0.25) is 5.91 Å². The maximum Gasteiger partial charge on any atom is 0.255 e. The van der Waals surface area contributed by atoms with Crippen LogP contribution in [0, 0.1) is 0 Å². The lowest BCUT2D eigenvalue weighted by Crippen LogP contribution is -2.14. The first kappa shape index (κ1) is 16.6. The maximum atomic E-state index is 12.3. The maximum absolute atomic E-state index is 12.3. The number of halogens is 1. The molecule has 0 aliphatic rings. The van der Waals surface area contributed by atoms with E-state index in [0.29, 0.717) is 22.7 Å². The number of ether oxygens (including phenoxy) is 2. The van der Waals surface area contributed by atoms with Crippen molar-refractivity contribution in [3.63, 3.8) is 0 Å². The summed E-state index contributed by atoms with van der Waals surface area (Å²) in [6, 6.07) is 9.27. The van der Waals surface area contributed by atoms with Crippen LogP contribution < -0.4 is 20.5 Å². The van der Waals surface area contributed by atoms with Crippen LogP contribution in [-0.2, 0) is 0 Å². The number of carbonyl (C=O) groups excluding carboxylic acids is 2. The molecule has 2 amide bonds. The number of benzene rings is 2. The molecule has 0 heterocycles. The lowest BCUT2D eigenvalue weighted by Gasteiger charge is -2.10. The van der Waals surface area contributed by atoms with E-state index in [4.69, 9.17) is 26.8 Å². The molecule has 0 radical (unpaired) electrons. The minimum atomic E-state index is -0.634. The van der Waals surface area contributed by atoms with E-state index in [2.05, 4.69) is 5.32 Å². The molecule has 0 bridgehead atoms. The summed E-state index contributed by atoms with van der Waals surface area (Å²) in [7, 11) is 3.00. The van der Waals surface area contributed by atoms with Crippen molar-refractivity contribution in [1.82, 2.24) is 0 Å². The number of hydrogen-bond acceptors (Lipinski definition) is 4. The van der Waals surface area contributed by atoms with Gasteiger partial charge in [0.25, 0.3) is 5.91 Å². The number of rotatable bonds is 5. The molecule has 0 saturated carbocycles. The summed E-state index contributed by atoms with van der Waals surface area (Å²) in [5.74, 6) is -0.0104. The summed E-state index contributed by atoms with van der Waals surface area (Å²) in [5, 5.41) is 2.85. The Morgan fingerprint density at radius 1 is 1.04 bits per heavy atom. The molecule has 120 valence electrons. The van der Waals surface area contributed by atoms with Crippen molar-refractivity contribution in [3.8, 4) is 11.5 Å². The van der Waals surface area contributed by atoms with Crippen LogP contribution in [0.25, 0.3) is 0 Å². The molecular formula is C16H15ClN2O4. The average molecular weight is 335 g/mol. The molecule has 3 N–H and O–H groups in total. The predicted octanol–water partition coefficient (Wildman–Crippen LogP) is 2.71. The summed E-state index contributed by atoms with van der Waals surface area (Å²) >= 11 is 5.96. The van der Waals surface area contributed by atoms with Crippen molar-refractivity contribution in [2.24, 2.45) is 5.73 Å². The first-order valence-corrected chi connectivity index (χ1v) is 6.96. The van der Waals surface area contributed by atoms with Gasteiger partial charge in [-0.15, -0.1) is 0 Å². The lowest BCUT2D eigenvalue weighted by molar-refractivity contribution is 0.0998. The Morgan fingerprint density at radius 2 is 1.65 bits per heavy atom. The number of hydrogen-bond donors (Lipinski definition) is 2. The van der Waals surface area contributed by atoms with Crippen LogP contribution in [0.4, 0.5) is 5.69 Å². The largest absolute Gasteiger partial charge is 0.497 e. The highest BCUT2D eigenvalue weighted by atomic mass is 35.5. The van der Waals surface area contributed by atoms with Crippen LogP contribution in [0.5, 0.6) is 11.5 Å². The number of methoxy groups -OCH3 is 2. The summed E-state index contributed by atoms with van der Waals surface area (Å²) < 4.78 is 10.3. The predicted molar refractivity (Wildman–Crippen MR) is 87.5 cm³/mol. The monoisotopic (exact) mass is 334 g/mol. The fourth-order valence-electron chi connectivity index (χ4n) is 1.93. The molecule has 23 heavy (non-hydrogen) atoms. The highest BCUT2D eigenvalue weighted by Gasteiger charge is 2.12. The second kappa shape index (κ2) is 7.02. The van der Waals surface area contributed by atoms with Gasteiger partial charge in [0, 0.05) is 17.3 Å². The van der Waals surface area contributed by atoms with E-state index in [0.717, 1.165) is 0 Å². The van der Waals surface area contributed by atoms with Gasteiger partial charge in [-0.2, -0.15) is 0 Å². The number of nitrogens with two attached hydrogens (primary N) is 1. The molecule has 7 heteroatoms. The van der Waals surface area contributed by atoms with Crippen molar-refractivity contribution in [2.75, 3.05) is 19.5 Å². The zero-order chi connectivity index (χ0) is 17.0. The molecule has 2 rings (SSSR count). The summed E-state index contributed by atoms with van der Waals surface area (Å²) in [4.78, 5) is 23.5. The first-order valence-electron chi connectivity index (χ1n) is 6.58. The molecule has 0 aliphatic carbocycles. The smallest absolute Gasteiger partial charge is 0.255 e. The van der Waals surface area contributed by atoms with Gasteiger partial charge >= 0.3 is 0 Å². The highest BCUT2D eigenvalue weighted by Crippen LogP contribution is 2.24. The van der Waals surface area contributed by atoms with Crippen LogP contribution in [0.2, 0.25) is 5.02 Å². The molecule has 0 aliphatic heterocycles. The van der Waals surface area contributed by atoms with E-state index in [-0.39, 0.29) is 16.5 Å². The molecule has 0 aromatic heterocycles. The van der Waals surface area contributed by atoms with Gasteiger partial charge in [0.1, 0.15) is 11.5 Å². The second-order valence-electron chi connectivity index (χ2n) is 4.61. The molecule has 0 saturated heterocycles. The number of amides is 2. The molecule has 0 spiro atoms. The van der Waals surface area contributed by atoms with E-state index in [9.17, 15) is 9.59 Å². The van der Waals surface area contributed by atoms with E-state index in [1.54, 1.807) is 24.3 Å².